The zero-order chi connectivity index (χ0) is 17.4. The fourth-order valence-electron chi connectivity index (χ4n) is 4.17. The highest BCUT2D eigenvalue weighted by molar-refractivity contribution is 5.98. The number of hydrogen-bond donors (Lipinski definition) is 1. The van der Waals surface area contributed by atoms with Gasteiger partial charge in [-0.1, -0.05) is 0 Å². The number of benzene rings is 1. The number of likely N-dealkylation sites (tertiary alicyclic amines) is 1. The molecule has 0 saturated carbocycles. The summed E-state index contributed by atoms with van der Waals surface area (Å²) in [5, 5.41) is 0.841. The number of amides is 1. The third-order valence-electron chi connectivity index (χ3n) is 5.58. The molecule has 134 valence electrons. The third kappa shape index (κ3) is 2.93. The van der Waals surface area contributed by atoms with Crippen molar-refractivity contribution in [3.05, 3.63) is 35.8 Å². The van der Waals surface area contributed by atoms with Crippen LogP contribution in [0.5, 0.6) is 0 Å². The minimum atomic E-state index is -0.312. The SMILES string of the molecule is CO[C@@H]1CCCOC12CCN(C(=O)c1cc3ccc(F)cc3[nH]1)CC2. The number of nitrogens with zero attached hydrogens (tertiary/aromatic N) is 1. The minimum absolute atomic E-state index is 0.0452. The second kappa shape index (κ2) is 6.42. The van der Waals surface area contributed by atoms with Crippen LogP contribution < -0.4 is 0 Å². The van der Waals surface area contributed by atoms with Crippen molar-refractivity contribution in [2.75, 3.05) is 26.8 Å². The number of aromatic amines is 1. The summed E-state index contributed by atoms with van der Waals surface area (Å²) in [7, 11) is 1.74. The lowest BCUT2D eigenvalue weighted by atomic mass is 9.82. The van der Waals surface area contributed by atoms with Gasteiger partial charge in [0.15, 0.2) is 0 Å². The Kier molecular flexibility index (Phi) is 4.25. The van der Waals surface area contributed by atoms with Crippen molar-refractivity contribution in [3.8, 4) is 0 Å². The van der Waals surface area contributed by atoms with Crippen LogP contribution >= 0.6 is 0 Å². The van der Waals surface area contributed by atoms with E-state index >= 15 is 0 Å². The van der Waals surface area contributed by atoms with Crippen LogP contribution in [0, 0.1) is 5.82 Å². The van der Waals surface area contributed by atoms with Crippen LogP contribution in [-0.4, -0.2) is 54.3 Å². The van der Waals surface area contributed by atoms with Crippen molar-refractivity contribution in [3.63, 3.8) is 0 Å². The maximum absolute atomic E-state index is 13.3. The average Bonchev–Trinajstić information content (AvgIpc) is 3.05. The van der Waals surface area contributed by atoms with Gasteiger partial charge in [-0.15, -0.1) is 0 Å². The molecule has 1 aromatic carbocycles. The van der Waals surface area contributed by atoms with Crippen LogP contribution in [0.15, 0.2) is 24.3 Å². The molecule has 1 amide bonds. The monoisotopic (exact) mass is 346 g/mol. The third-order valence-corrected chi connectivity index (χ3v) is 5.58. The zero-order valence-electron chi connectivity index (χ0n) is 14.4. The summed E-state index contributed by atoms with van der Waals surface area (Å²) in [5.41, 5.74) is 0.893. The molecule has 0 bridgehead atoms. The second-order valence-corrected chi connectivity index (χ2v) is 6.99. The highest BCUT2D eigenvalue weighted by atomic mass is 19.1. The summed E-state index contributed by atoms with van der Waals surface area (Å²) in [6.45, 7) is 2.05. The first-order valence-electron chi connectivity index (χ1n) is 8.86. The quantitative estimate of drug-likeness (QED) is 0.909. The van der Waals surface area contributed by atoms with Crippen molar-refractivity contribution in [1.82, 2.24) is 9.88 Å². The van der Waals surface area contributed by atoms with Gasteiger partial charge in [-0.2, -0.15) is 0 Å². The topological polar surface area (TPSA) is 54.6 Å². The van der Waals surface area contributed by atoms with E-state index in [-0.39, 0.29) is 23.4 Å². The maximum Gasteiger partial charge on any atom is 0.270 e. The summed E-state index contributed by atoms with van der Waals surface area (Å²) in [6.07, 6.45) is 3.71. The van der Waals surface area contributed by atoms with Crippen molar-refractivity contribution in [1.29, 1.82) is 0 Å². The molecular weight excluding hydrogens is 323 g/mol. The van der Waals surface area contributed by atoms with Gasteiger partial charge < -0.3 is 19.4 Å². The standard InChI is InChI=1S/C19H23FN2O3/c1-24-17-3-2-10-25-19(17)6-8-22(9-7-19)18(23)16-11-13-4-5-14(20)12-15(13)21-16/h4-5,11-12,17,21H,2-3,6-10H2,1H3/t17-/m1/s1. The van der Waals surface area contributed by atoms with E-state index in [9.17, 15) is 9.18 Å². The lowest BCUT2D eigenvalue weighted by molar-refractivity contribution is -0.183. The van der Waals surface area contributed by atoms with Crippen LogP contribution in [0.3, 0.4) is 0 Å². The molecule has 25 heavy (non-hydrogen) atoms. The lowest BCUT2D eigenvalue weighted by Gasteiger charge is -2.47. The van der Waals surface area contributed by atoms with E-state index in [1.165, 1.54) is 12.1 Å². The van der Waals surface area contributed by atoms with Crippen LogP contribution in [0.2, 0.25) is 0 Å². The van der Waals surface area contributed by atoms with Gasteiger partial charge in [0.25, 0.3) is 5.91 Å². The Balaban J connectivity index is 1.48. The van der Waals surface area contributed by atoms with E-state index in [2.05, 4.69) is 4.98 Å². The predicted molar refractivity (Wildman–Crippen MR) is 92.1 cm³/mol. The summed E-state index contributed by atoms with van der Waals surface area (Å²) in [5.74, 6) is -0.357. The Morgan fingerprint density at radius 1 is 1.36 bits per heavy atom. The first kappa shape index (κ1) is 16.5. The predicted octanol–water partition coefficient (Wildman–Crippen LogP) is 3.11. The average molecular weight is 346 g/mol. The molecular formula is C19H23FN2O3. The molecule has 1 aromatic heterocycles. The van der Waals surface area contributed by atoms with Gasteiger partial charge >= 0.3 is 0 Å². The molecule has 1 spiro atoms. The van der Waals surface area contributed by atoms with Crippen LogP contribution in [-0.2, 0) is 9.47 Å². The summed E-state index contributed by atoms with van der Waals surface area (Å²) in [6, 6.07) is 6.29. The molecule has 0 aliphatic carbocycles. The van der Waals surface area contributed by atoms with E-state index in [1.54, 1.807) is 19.2 Å². The highest BCUT2D eigenvalue weighted by Crippen LogP contribution is 2.37. The Labute approximate surface area is 146 Å². The Bertz CT molecular complexity index is 780. The number of piperidine rings is 1. The molecule has 6 heteroatoms. The second-order valence-electron chi connectivity index (χ2n) is 6.99. The molecule has 2 saturated heterocycles. The normalized spacial score (nSPS) is 23.3. The molecule has 2 aliphatic heterocycles. The van der Waals surface area contributed by atoms with Crippen molar-refractivity contribution in [2.45, 2.75) is 37.4 Å². The number of halogens is 1. The van der Waals surface area contributed by atoms with Crippen LogP contribution in [0.1, 0.15) is 36.2 Å². The van der Waals surface area contributed by atoms with Gasteiger partial charge in [-0.05, 0) is 49.9 Å². The van der Waals surface area contributed by atoms with Gasteiger partial charge in [0, 0.05) is 37.7 Å². The first-order valence-corrected chi connectivity index (χ1v) is 8.86. The maximum atomic E-state index is 13.3. The molecule has 2 aliphatic rings. The van der Waals surface area contributed by atoms with Crippen molar-refractivity contribution >= 4 is 16.8 Å². The van der Waals surface area contributed by atoms with Crippen molar-refractivity contribution < 1.29 is 18.7 Å². The number of methoxy groups -OCH3 is 1. The molecule has 0 radical (unpaired) electrons. The number of carbonyl (C=O) groups is 1. The number of H-pyrrole nitrogens is 1. The molecule has 4 rings (SSSR count). The van der Waals surface area contributed by atoms with Gasteiger partial charge in [0.1, 0.15) is 11.5 Å². The van der Waals surface area contributed by atoms with Crippen LogP contribution in [0.25, 0.3) is 10.9 Å². The molecule has 2 fully saturated rings. The Morgan fingerprint density at radius 2 is 2.16 bits per heavy atom. The Hall–Kier alpha value is -1.92. The molecule has 1 N–H and O–H groups in total. The largest absolute Gasteiger partial charge is 0.378 e. The molecule has 3 heterocycles. The Morgan fingerprint density at radius 3 is 2.92 bits per heavy atom. The molecule has 0 unspecified atom stereocenters. The number of nitrogens with one attached hydrogen (secondary N) is 1. The van der Waals surface area contributed by atoms with E-state index in [4.69, 9.17) is 9.47 Å². The van der Waals surface area contributed by atoms with E-state index in [1.807, 2.05) is 4.90 Å². The summed E-state index contributed by atoms with van der Waals surface area (Å²) in [4.78, 5) is 17.7. The lowest BCUT2D eigenvalue weighted by Crippen LogP contribution is -2.56. The number of aromatic nitrogens is 1. The van der Waals surface area contributed by atoms with Gasteiger partial charge in [0.2, 0.25) is 0 Å². The minimum Gasteiger partial charge on any atom is -0.378 e. The highest BCUT2D eigenvalue weighted by Gasteiger charge is 2.45. The number of ether oxygens (including phenoxy) is 2. The van der Waals surface area contributed by atoms with E-state index in [0.717, 1.165) is 37.7 Å². The van der Waals surface area contributed by atoms with Gasteiger partial charge in [-0.3, -0.25) is 4.79 Å². The fourth-order valence-corrected chi connectivity index (χ4v) is 4.17. The van der Waals surface area contributed by atoms with Gasteiger partial charge in [-0.25, -0.2) is 4.39 Å². The zero-order valence-corrected chi connectivity index (χ0v) is 14.4. The fraction of sp³-hybridized carbons (Fsp3) is 0.526. The molecule has 5 nitrogen and oxygen atoms in total. The molecule has 1 atom stereocenters. The number of rotatable bonds is 2. The summed E-state index contributed by atoms with van der Waals surface area (Å²) < 4.78 is 25.1. The molecule has 2 aromatic rings. The van der Waals surface area contributed by atoms with Crippen molar-refractivity contribution in [2.24, 2.45) is 0 Å². The van der Waals surface area contributed by atoms with Crippen LogP contribution in [0.4, 0.5) is 4.39 Å². The number of hydrogen-bond acceptors (Lipinski definition) is 3. The smallest absolute Gasteiger partial charge is 0.270 e. The summed E-state index contributed by atoms with van der Waals surface area (Å²) >= 11 is 0. The first-order chi connectivity index (χ1) is 12.1. The van der Waals surface area contributed by atoms with Gasteiger partial charge in [0.05, 0.1) is 11.7 Å². The van der Waals surface area contributed by atoms with E-state index < -0.39 is 0 Å². The van der Waals surface area contributed by atoms with E-state index in [0.29, 0.717) is 24.3 Å². The number of fused-ring (bicyclic) bond motifs is 1. The number of carbonyl (C=O) groups excluding carboxylic acids is 1.